The lowest BCUT2D eigenvalue weighted by molar-refractivity contribution is 0.0715. The molecule has 2 aromatic heterocycles. The molecule has 1 amide bonds. The number of nitrogens with zero attached hydrogens (tertiary/aromatic N) is 4. The standard InChI is InChI=1S/C27H30N4O3.H3N/c28-19-22-25(29-14-16-30(17-15-29)27(33)24-11-6-18-34-24)21-9-4-5-10-23(21)31(26(22)32)13-12-20-7-2-1-3-8-20;/h4-6,9-11,18,20H,1-3,7-8,12-17H2;1H3. The molecule has 1 aliphatic heterocycles. The minimum Gasteiger partial charge on any atom is -0.459 e. The highest BCUT2D eigenvalue weighted by Crippen LogP contribution is 2.31. The molecule has 0 bridgehead atoms. The Morgan fingerprint density at radius 3 is 2.46 bits per heavy atom. The molecule has 5 rings (SSSR count). The number of furan rings is 1. The number of carbonyl (C=O) groups is 1. The number of nitriles is 1. The molecule has 1 aliphatic carbocycles. The van der Waals surface area contributed by atoms with E-state index >= 15 is 0 Å². The van der Waals surface area contributed by atoms with Crippen molar-refractivity contribution in [3.05, 3.63) is 64.3 Å². The van der Waals surface area contributed by atoms with E-state index in [1.807, 2.05) is 28.8 Å². The van der Waals surface area contributed by atoms with Gasteiger partial charge in [0.25, 0.3) is 11.5 Å². The van der Waals surface area contributed by atoms with Crippen LogP contribution in [0.1, 0.15) is 54.6 Å². The van der Waals surface area contributed by atoms with Gasteiger partial charge in [-0.05, 0) is 30.5 Å². The van der Waals surface area contributed by atoms with Crippen LogP contribution in [0.25, 0.3) is 10.9 Å². The quantitative estimate of drug-likeness (QED) is 0.578. The first kappa shape index (κ1) is 24.6. The highest BCUT2D eigenvalue weighted by molar-refractivity contribution is 5.95. The number of benzene rings is 1. The average Bonchev–Trinajstić information content (AvgIpc) is 3.43. The fourth-order valence-corrected chi connectivity index (χ4v) is 5.52. The molecule has 35 heavy (non-hydrogen) atoms. The number of hydrogen-bond acceptors (Lipinski definition) is 6. The minimum absolute atomic E-state index is 0. The zero-order valence-electron chi connectivity index (χ0n) is 20.1. The normalized spacial score (nSPS) is 16.7. The number of hydrogen-bond donors (Lipinski definition) is 1. The van der Waals surface area contributed by atoms with Crippen molar-refractivity contribution in [2.45, 2.75) is 45.1 Å². The fourth-order valence-electron chi connectivity index (χ4n) is 5.52. The average molecular weight is 476 g/mol. The van der Waals surface area contributed by atoms with Crippen LogP contribution in [0.2, 0.25) is 0 Å². The van der Waals surface area contributed by atoms with E-state index in [0.29, 0.717) is 50.1 Å². The molecular formula is C27H33N5O3. The lowest BCUT2D eigenvalue weighted by Gasteiger charge is -2.36. The van der Waals surface area contributed by atoms with E-state index in [4.69, 9.17) is 4.42 Å². The van der Waals surface area contributed by atoms with Gasteiger partial charge < -0.3 is 24.9 Å². The van der Waals surface area contributed by atoms with Crippen molar-refractivity contribution in [2.75, 3.05) is 31.1 Å². The molecule has 1 saturated carbocycles. The highest BCUT2D eigenvalue weighted by Gasteiger charge is 2.28. The van der Waals surface area contributed by atoms with Gasteiger partial charge in [0.1, 0.15) is 11.6 Å². The van der Waals surface area contributed by atoms with E-state index in [1.54, 1.807) is 17.0 Å². The first-order valence-corrected chi connectivity index (χ1v) is 12.3. The maximum Gasteiger partial charge on any atom is 0.289 e. The SMILES string of the molecule is N.N#Cc1c(N2CCN(C(=O)c3ccco3)CC2)c2ccccc2n(CCC2CCCCC2)c1=O. The Bertz CT molecular complexity index is 1260. The van der Waals surface area contributed by atoms with Crippen molar-refractivity contribution >= 4 is 22.5 Å². The third-order valence-electron chi connectivity index (χ3n) is 7.36. The Labute approximate surface area is 205 Å². The number of pyridine rings is 1. The summed E-state index contributed by atoms with van der Waals surface area (Å²) >= 11 is 0. The summed E-state index contributed by atoms with van der Waals surface area (Å²) in [7, 11) is 0. The molecule has 2 aliphatic rings. The van der Waals surface area contributed by atoms with Crippen molar-refractivity contribution in [3.63, 3.8) is 0 Å². The topological polar surface area (TPSA) is 117 Å². The summed E-state index contributed by atoms with van der Waals surface area (Å²) < 4.78 is 7.07. The van der Waals surface area contributed by atoms with E-state index in [-0.39, 0.29) is 23.2 Å². The van der Waals surface area contributed by atoms with Crippen molar-refractivity contribution < 1.29 is 9.21 Å². The van der Waals surface area contributed by atoms with Gasteiger partial charge in [-0.25, -0.2) is 0 Å². The Morgan fingerprint density at radius 1 is 1.03 bits per heavy atom. The van der Waals surface area contributed by atoms with Gasteiger partial charge >= 0.3 is 0 Å². The van der Waals surface area contributed by atoms with Crippen molar-refractivity contribution in [1.82, 2.24) is 15.6 Å². The molecule has 0 radical (unpaired) electrons. The largest absolute Gasteiger partial charge is 0.459 e. The molecule has 1 saturated heterocycles. The van der Waals surface area contributed by atoms with E-state index in [2.05, 4.69) is 11.0 Å². The number of fused-ring (bicyclic) bond motifs is 1. The number of amides is 1. The Balaban J connectivity index is 0.00000289. The Hall–Kier alpha value is -3.57. The van der Waals surface area contributed by atoms with Gasteiger partial charge in [0.05, 0.1) is 17.5 Å². The molecule has 3 heterocycles. The van der Waals surface area contributed by atoms with Crippen LogP contribution in [0.3, 0.4) is 0 Å². The molecule has 0 unspecified atom stereocenters. The van der Waals surface area contributed by atoms with Crippen LogP contribution in [0.15, 0.2) is 51.9 Å². The number of carbonyl (C=O) groups excluding carboxylic acids is 1. The summed E-state index contributed by atoms with van der Waals surface area (Å²) in [6.07, 6.45) is 8.80. The summed E-state index contributed by atoms with van der Waals surface area (Å²) in [6, 6.07) is 13.5. The molecule has 3 aromatic rings. The first-order chi connectivity index (χ1) is 16.7. The summed E-state index contributed by atoms with van der Waals surface area (Å²) in [4.78, 5) is 30.0. The maximum atomic E-state index is 13.5. The van der Waals surface area contributed by atoms with Gasteiger partial charge in [-0.1, -0.05) is 50.3 Å². The van der Waals surface area contributed by atoms with Crippen LogP contribution in [0, 0.1) is 17.2 Å². The number of aromatic nitrogens is 1. The fraction of sp³-hybridized carbons (Fsp3) is 0.444. The number of aryl methyl sites for hydroxylation is 1. The van der Waals surface area contributed by atoms with Gasteiger partial charge in [-0.15, -0.1) is 0 Å². The van der Waals surface area contributed by atoms with Gasteiger partial charge in [0.2, 0.25) is 0 Å². The zero-order valence-corrected chi connectivity index (χ0v) is 20.1. The summed E-state index contributed by atoms with van der Waals surface area (Å²) in [6.45, 7) is 2.75. The molecule has 2 fully saturated rings. The third kappa shape index (κ3) is 4.82. The molecule has 0 atom stereocenters. The predicted molar refractivity (Wildman–Crippen MR) is 136 cm³/mol. The predicted octanol–water partition coefficient (Wildman–Crippen LogP) is 4.56. The summed E-state index contributed by atoms with van der Waals surface area (Å²) in [5.41, 5.74) is 1.57. The minimum atomic E-state index is -0.207. The molecule has 3 N–H and O–H groups in total. The van der Waals surface area contributed by atoms with E-state index in [0.717, 1.165) is 17.3 Å². The zero-order chi connectivity index (χ0) is 23.5. The van der Waals surface area contributed by atoms with Crippen molar-refractivity contribution in [1.29, 1.82) is 5.26 Å². The Kier molecular flexibility index (Phi) is 7.57. The van der Waals surface area contributed by atoms with E-state index in [9.17, 15) is 14.9 Å². The molecule has 8 nitrogen and oxygen atoms in total. The smallest absolute Gasteiger partial charge is 0.289 e. The summed E-state index contributed by atoms with van der Waals surface area (Å²) in [5, 5.41) is 11.0. The monoisotopic (exact) mass is 475 g/mol. The third-order valence-corrected chi connectivity index (χ3v) is 7.36. The van der Waals surface area contributed by atoms with Crippen LogP contribution in [-0.2, 0) is 6.54 Å². The van der Waals surface area contributed by atoms with Crippen molar-refractivity contribution in [3.8, 4) is 6.07 Å². The Morgan fingerprint density at radius 2 is 1.77 bits per heavy atom. The van der Waals surface area contributed by atoms with Crippen LogP contribution >= 0.6 is 0 Å². The maximum absolute atomic E-state index is 13.5. The van der Waals surface area contributed by atoms with Gasteiger partial charge in [-0.2, -0.15) is 5.26 Å². The summed E-state index contributed by atoms with van der Waals surface area (Å²) in [5.74, 6) is 0.856. The van der Waals surface area contributed by atoms with Crippen LogP contribution in [0.5, 0.6) is 0 Å². The van der Waals surface area contributed by atoms with Crippen LogP contribution in [-0.4, -0.2) is 41.6 Å². The molecule has 0 spiro atoms. The van der Waals surface area contributed by atoms with E-state index < -0.39 is 0 Å². The number of para-hydroxylation sites is 1. The molecular weight excluding hydrogens is 442 g/mol. The lowest BCUT2D eigenvalue weighted by atomic mass is 9.87. The van der Waals surface area contributed by atoms with Crippen molar-refractivity contribution in [2.24, 2.45) is 5.92 Å². The van der Waals surface area contributed by atoms with Gasteiger partial charge in [0, 0.05) is 38.1 Å². The second-order valence-corrected chi connectivity index (χ2v) is 9.36. The molecule has 1 aromatic carbocycles. The van der Waals surface area contributed by atoms with Crippen LogP contribution in [0.4, 0.5) is 5.69 Å². The highest BCUT2D eigenvalue weighted by atomic mass is 16.3. The second-order valence-electron chi connectivity index (χ2n) is 9.36. The van der Waals surface area contributed by atoms with Gasteiger partial charge in [0.15, 0.2) is 5.76 Å². The number of rotatable bonds is 5. The first-order valence-electron chi connectivity index (χ1n) is 12.3. The lowest BCUT2D eigenvalue weighted by Crippen LogP contribution is -2.49. The molecule has 184 valence electrons. The second kappa shape index (κ2) is 10.8. The number of piperazine rings is 1. The number of anilines is 1. The van der Waals surface area contributed by atoms with Crippen LogP contribution < -0.4 is 16.6 Å². The van der Waals surface area contributed by atoms with E-state index in [1.165, 1.54) is 38.4 Å². The van der Waals surface area contributed by atoms with Gasteiger partial charge in [-0.3, -0.25) is 9.59 Å². The molecule has 8 heteroatoms.